The van der Waals surface area contributed by atoms with E-state index < -0.39 is 34.7 Å². The SMILES string of the molecule is COC(=O)c1[nH]c(=O)n(CCCCCN2CCN(c3ccccc3C(C)=O)CC2)c1-c1cc(F)c(F)cc1F. The Bertz CT molecular complexity index is 1410. The number of piperazine rings is 1. The smallest absolute Gasteiger partial charge is 0.356 e. The molecule has 1 aliphatic rings. The molecule has 1 fully saturated rings. The van der Waals surface area contributed by atoms with Gasteiger partial charge in [-0.05, 0) is 44.5 Å². The van der Waals surface area contributed by atoms with Crippen molar-refractivity contribution in [2.45, 2.75) is 32.7 Å². The van der Waals surface area contributed by atoms with E-state index in [0.717, 1.165) is 68.5 Å². The molecule has 1 aliphatic heterocycles. The van der Waals surface area contributed by atoms with Crippen molar-refractivity contribution < 1.29 is 27.5 Å². The second-order valence-electron chi connectivity index (χ2n) is 9.51. The van der Waals surface area contributed by atoms with Crippen LogP contribution in [0.2, 0.25) is 0 Å². The van der Waals surface area contributed by atoms with Gasteiger partial charge in [0.05, 0.1) is 12.8 Å². The number of carbonyl (C=O) groups is 2. The highest BCUT2D eigenvalue weighted by Crippen LogP contribution is 2.28. The number of rotatable bonds is 10. The number of hydrogen-bond acceptors (Lipinski definition) is 6. The normalized spacial score (nSPS) is 14.0. The number of nitrogens with zero attached hydrogens (tertiary/aromatic N) is 3. The van der Waals surface area contributed by atoms with Crippen LogP contribution in [0.15, 0.2) is 41.2 Å². The van der Waals surface area contributed by atoms with Crippen LogP contribution in [0.3, 0.4) is 0 Å². The van der Waals surface area contributed by atoms with E-state index in [0.29, 0.717) is 18.6 Å². The van der Waals surface area contributed by atoms with Crippen molar-refractivity contribution in [3.8, 4) is 11.3 Å². The number of carbonyl (C=O) groups excluding carboxylic acids is 2. The monoisotopic (exact) mass is 544 g/mol. The summed E-state index contributed by atoms with van der Waals surface area (Å²) in [4.78, 5) is 43.7. The molecule has 11 heteroatoms. The number of H-pyrrole nitrogens is 1. The maximum Gasteiger partial charge on any atom is 0.356 e. The van der Waals surface area contributed by atoms with Crippen molar-refractivity contribution in [2.75, 3.05) is 44.7 Å². The number of esters is 1. The Morgan fingerprint density at radius 2 is 1.59 bits per heavy atom. The van der Waals surface area contributed by atoms with Crippen molar-refractivity contribution in [3.63, 3.8) is 0 Å². The van der Waals surface area contributed by atoms with Crippen LogP contribution in [-0.2, 0) is 11.3 Å². The highest BCUT2D eigenvalue weighted by Gasteiger charge is 2.26. The number of halogens is 3. The second kappa shape index (κ2) is 12.3. The summed E-state index contributed by atoms with van der Waals surface area (Å²) in [6, 6.07) is 8.63. The first-order valence-corrected chi connectivity index (χ1v) is 12.8. The minimum absolute atomic E-state index is 0.0451. The van der Waals surface area contributed by atoms with Crippen molar-refractivity contribution in [1.29, 1.82) is 0 Å². The third-order valence-electron chi connectivity index (χ3n) is 6.99. The number of aromatic amines is 1. The predicted molar refractivity (Wildman–Crippen MR) is 141 cm³/mol. The van der Waals surface area contributed by atoms with E-state index in [1.807, 2.05) is 24.3 Å². The minimum Gasteiger partial charge on any atom is -0.464 e. The number of ketones is 1. The van der Waals surface area contributed by atoms with Crippen molar-refractivity contribution in [1.82, 2.24) is 14.5 Å². The first kappa shape index (κ1) is 28.2. The van der Waals surface area contributed by atoms with Gasteiger partial charge in [0.2, 0.25) is 0 Å². The number of imidazole rings is 1. The number of methoxy groups -OCH3 is 1. The number of aromatic nitrogens is 2. The fourth-order valence-corrected chi connectivity index (χ4v) is 4.96. The van der Waals surface area contributed by atoms with Gasteiger partial charge in [-0.2, -0.15) is 0 Å². The topological polar surface area (TPSA) is 87.6 Å². The molecule has 4 rings (SSSR count). The van der Waals surface area contributed by atoms with Gasteiger partial charge < -0.3 is 9.64 Å². The van der Waals surface area contributed by atoms with Gasteiger partial charge in [0.1, 0.15) is 5.82 Å². The zero-order valence-corrected chi connectivity index (χ0v) is 21.9. The number of hydrogen-bond donors (Lipinski definition) is 1. The molecule has 0 amide bonds. The lowest BCUT2D eigenvalue weighted by molar-refractivity contribution is 0.0595. The van der Waals surface area contributed by atoms with E-state index in [1.165, 1.54) is 0 Å². The van der Waals surface area contributed by atoms with Crippen molar-refractivity contribution >= 4 is 17.4 Å². The largest absolute Gasteiger partial charge is 0.464 e. The van der Waals surface area contributed by atoms with Gasteiger partial charge in [0.25, 0.3) is 0 Å². The molecule has 1 N–H and O–H groups in total. The molecule has 0 aliphatic carbocycles. The molecular formula is C28H31F3N4O4. The van der Waals surface area contributed by atoms with E-state index in [2.05, 4.69) is 19.5 Å². The van der Waals surface area contributed by atoms with E-state index in [-0.39, 0.29) is 23.7 Å². The first-order valence-electron chi connectivity index (χ1n) is 12.8. The Hall–Kier alpha value is -3.86. The molecule has 2 heterocycles. The van der Waals surface area contributed by atoms with Crippen LogP contribution in [0.4, 0.5) is 18.9 Å². The summed E-state index contributed by atoms with van der Waals surface area (Å²) in [7, 11) is 1.10. The molecule has 3 aromatic rings. The summed E-state index contributed by atoms with van der Waals surface area (Å²) in [6.07, 6.45) is 2.14. The van der Waals surface area contributed by atoms with Crippen LogP contribution in [0.5, 0.6) is 0 Å². The molecule has 0 bridgehead atoms. The van der Waals surface area contributed by atoms with Gasteiger partial charge in [0, 0.05) is 55.6 Å². The maximum atomic E-state index is 14.6. The van der Waals surface area contributed by atoms with Crippen LogP contribution in [-0.4, -0.2) is 66.0 Å². The molecule has 0 radical (unpaired) electrons. The predicted octanol–water partition coefficient (Wildman–Crippen LogP) is 4.24. The van der Waals surface area contributed by atoms with Gasteiger partial charge in [-0.25, -0.2) is 22.8 Å². The molecule has 8 nitrogen and oxygen atoms in total. The van der Waals surface area contributed by atoms with Crippen LogP contribution in [0, 0.1) is 17.5 Å². The lowest BCUT2D eigenvalue weighted by Gasteiger charge is -2.36. The lowest BCUT2D eigenvalue weighted by Crippen LogP contribution is -2.47. The summed E-state index contributed by atoms with van der Waals surface area (Å²) in [5.41, 5.74) is 0.111. The highest BCUT2D eigenvalue weighted by atomic mass is 19.2. The average Bonchev–Trinajstić information content (AvgIpc) is 3.26. The van der Waals surface area contributed by atoms with E-state index in [1.54, 1.807) is 6.92 Å². The average molecular weight is 545 g/mol. The van der Waals surface area contributed by atoms with Gasteiger partial charge >= 0.3 is 11.7 Å². The van der Waals surface area contributed by atoms with Crippen LogP contribution >= 0.6 is 0 Å². The summed E-state index contributed by atoms with van der Waals surface area (Å²) in [5.74, 6) is -4.65. The number of anilines is 1. The fraction of sp³-hybridized carbons (Fsp3) is 0.393. The summed E-state index contributed by atoms with van der Waals surface area (Å²) in [6.45, 7) is 5.89. The zero-order valence-electron chi connectivity index (χ0n) is 21.9. The fourth-order valence-electron chi connectivity index (χ4n) is 4.96. The van der Waals surface area contributed by atoms with Gasteiger partial charge in [0.15, 0.2) is 23.1 Å². The number of unbranched alkanes of at least 4 members (excludes halogenated alkanes) is 2. The molecule has 0 saturated carbocycles. The van der Waals surface area contributed by atoms with Crippen molar-refractivity contribution in [3.05, 3.63) is 75.6 Å². The standard InChI is InChI=1S/C28H31F3N4O4/c1-18(36)19-8-4-5-9-24(19)34-14-12-33(13-15-34)10-6-3-7-11-35-26(25(27(37)39-2)32-28(35)38)20-16-22(30)23(31)17-21(20)29/h4-5,8-9,16-17H,3,6-7,10-15H2,1-2H3,(H,32,38). The van der Waals surface area contributed by atoms with Crippen LogP contribution < -0.4 is 10.6 Å². The Kier molecular flexibility index (Phi) is 8.90. The molecule has 1 aromatic heterocycles. The maximum absolute atomic E-state index is 14.6. The lowest BCUT2D eigenvalue weighted by atomic mass is 10.1. The molecule has 0 unspecified atom stereocenters. The quantitative estimate of drug-likeness (QED) is 0.178. The van der Waals surface area contributed by atoms with Gasteiger partial charge in [-0.1, -0.05) is 18.6 Å². The molecular weight excluding hydrogens is 513 g/mol. The van der Waals surface area contributed by atoms with Crippen LogP contribution in [0.1, 0.15) is 47.0 Å². The molecule has 0 atom stereocenters. The Morgan fingerprint density at radius 3 is 2.28 bits per heavy atom. The molecule has 1 saturated heterocycles. The van der Waals surface area contributed by atoms with E-state index in [4.69, 9.17) is 0 Å². The number of Topliss-reactive ketones (excluding diaryl/α,β-unsaturated/α-hetero) is 1. The zero-order chi connectivity index (χ0) is 28.1. The Balaban J connectivity index is 1.35. The number of nitrogens with one attached hydrogen (secondary N) is 1. The molecule has 208 valence electrons. The number of para-hydroxylation sites is 1. The second-order valence-corrected chi connectivity index (χ2v) is 9.51. The molecule has 0 spiro atoms. The van der Waals surface area contributed by atoms with Gasteiger partial charge in [-0.3, -0.25) is 19.2 Å². The molecule has 39 heavy (non-hydrogen) atoms. The summed E-state index contributed by atoms with van der Waals surface area (Å²) >= 11 is 0. The first-order chi connectivity index (χ1) is 18.7. The van der Waals surface area contributed by atoms with E-state index in [9.17, 15) is 27.6 Å². The third-order valence-corrected chi connectivity index (χ3v) is 6.99. The minimum atomic E-state index is -1.37. The van der Waals surface area contributed by atoms with Crippen molar-refractivity contribution in [2.24, 2.45) is 0 Å². The van der Waals surface area contributed by atoms with E-state index >= 15 is 0 Å². The Morgan fingerprint density at radius 1 is 0.923 bits per heavy atom. The summed E-state index contributed by atoms with van der Waals surface area (Å²) < 4.78 is 47.9. The Labute approximate surface area is 224 Å². The van der Waals surface area contributed by atoms with Crippen LogP contribution in [0.25, 0.3) is 11.3 Å². The van der Waals surface area contributed by atoms with Gasteiger partial charge in [-0.15, -0.1) is 0 Å². The number of ether oxygens (including phenoxy) is 1. The molecule has 2 aromatic carbocycles. The summed E-state index contributed by atoms with van der Waals surface area (Å²) in [5, 5.41) is 0. The highest BCUT2D eigenvalue weighted by molar-refractivity contribution is 5.99. The number of benzene rings is 2. The third kappa shape index (κ3) is 6.25.